The molecule has 13 heteroatoms. The number of aliphatic carboxylic acids is 1. The quantitative estimate of drug-likeness (QED) is 0.241. The van der Waals surface area contributed by atoms with Crippen molar-refractivity contribution in [3.8, 4) is 5.75 Å². The smallest absolute Gasteiger partial charge is 0.303 e. The summed E-state index contributed by atoms with van der Waals surface area (Å²) in [5.41, 5.74) is 6.73. The van der Waals surface area contributed by atoms with Crippen molar-refractivity contribution in [1.29, 1.82) is 0 Å². The lowest BCUT2D eigenvalue weighted by Gasteiger charge is -2.33. The van der Waals surface area contributed by atoms with Gasteiger partial charge < -0.3 is 25.6 Å². The van der Waals surface area contributed by atoms with E-state index in [0.717, 1.165) is 12.8 Å². The Balaban J connectivity index is 2.29. The number of phenolic OH excluding ortho intramolecular Hbond substituents is 1. The minimum atomic E-state index is -1.01. The number of Topliss-reactive ketones (excluding diaryl/α,β-unsaturated/α-hetero) is 3. The van der Waals surface area contributed by atoms with Crippen LogP contribution in [0.15, 0.2) is 24.3 Å². The highest BCUT2D eigenvalue weighted by Crippen LogP contribution is 2.14. The molecule has 2 rings (SSSR count). The van der Waals surface area contributed by atoms with Gasteiger partial charge in [0.1, 0.15) is 23.9 Å². The predicted molar refractivity (Wildman–Crippen MR) is 162 cm³/mol. The van der Waals surface area contributed by atoms with E-state index in [1.807, 2.05) is 0 Å². The molecular formula is C31H47N5O8. The van der Waals surface area contributed by atoms with Gasteiger partial charge in [-0.15, -0.1) is 0 Å². The first kappa shape index (κ1) is 36.7. The SMILES string of the molecule is C[C@H](C=O)N1N[C@@H](Cc2ccc(O)cc2)C(=O)N[C@H](C)C(=O)CCN[C@@H](CCC(=O)O)C(=O)CCCCCCC(=O)[C@@H](C)N1. The van der Waals surface area contributed by atoms with Crippen LogP contribution in [0.5, 0.6) is 5.75 Å². The number of phenols is 1. The largest absolute Gasteiger partial charge is 0.508 e. The van der Waals surface area contributed by atoms with Crippen molar-refractivity contribution in [2.45, 2.75) is 115 Å². The minimum absolute atomic E-state index is 0.00381. The van der Waals surface area contributed by atoms with Crippen LogP contribution in [-0.4, -0.2) is 87.6 Å². The molecule has 1 aliphatic rings. The van der Waals surface area contributed by atoms with Gasteiger partial charge in [0.15, 0.2) is 11.6 Å². The number of carbonyl (C=O) groups excluding carboxylic acids is 5. The number of nitrogens with zero attached hydrogens (tertiary/aromatic N) is 1. The first-order chi connectivity index (χ1) is 20.9. The van der Waals surface area contributed by atoms with E-state index in [4.69, 9.17) is 5.11 Å². The lowest BCUT2D eigenvalue weighted by molar-refractivity contribution is -0.137. The normalized spacial score (nSPS) is 25.4. The topological polar surface area (TPSA) is 194 Å². The van der Waals surface area contributed by atoms with E-state index >= 15 is 0 Å². The van der Waals surface area contributed by atoms with Crippen LogP contribution in [0.4, 0.5) is 0 Å². The molecule has 0 spiro atoms. The number of carbonyl (C=O) groups is 6. The van der Waals surface area contributed by atoms with E-state index < -0.39 is 42.1 Å². The Labute approximate surface area is 258 Å². The van der Waals surface area contributed by atoms with Gasteiger partial charge in [0.25, 0.3) is 0 Å². The van der Waals surface area contributed by atoms with E-state index in [2.05, 4.69) is 21.5 Å². The summed E-state index contributed by atoms with van der Waals surface area (Å²) in [6.45, 7) is 4.96. The molecule has 1 saturated heterocycles. The number of hydrazine groups is 2. The zero-order chi connectivity index (χ0) is 32.6. The van der Waals surface area contributed by atoms with Gasteiger partial charge in [0, 0.05) is 32.2 Å². The third-order valence-electron chi connectivity index (χ3n) is 7.64. The molecule has 1 aromatic carbocycles. The number of carboxylic acids is 1. The Morgan fingerprint density at radius 3 is 2.14 bits per heavy atom. The van der Waals surface area contributed by atoms with E-state index in [9.17, 15) is 33.9 Å². The molecule has 13 nitrogen and oxygen atoms in total. The number of carboxylic acid groups (broad SMARTS) is 1. The number of hydrogen-bond donors (Lipinski definition) is 6. The maximum Gasteiger partial charge on any atom is 0.303 e. The van der Waals surface area contributed by atoms with Crippen LogP contribution in [0.2, 0.25) is 0 Å². The number of aromatic hydroxyl groups is 1. The van der Waals surface area contributed by atoms with E-state index in [0.29, 0.717) is 24.7 Å². The van der Waals surface area contributed by atoms with Gasteiger partial charge in [0.2, 0.25) is 5.91 Å². The highest BCUT2D eigenvalue weighted by molar-refractivity contribution is 5.91. The van der Waals surface area contributed by atoms with Gasteiger partial charge in [0.05, 0.1) is 24.2 Å². The Hall–Kier alpha value is -3.52. The van der Waals surface area contributed by atoms with Crippen molar-refractivity contribution in [2.75, 3.05) is 6.54 Å². The van der Waals surface area contributed by atoms with Crippen LogP contribution in [0.25, 0.3) is 0 Å². The Morgan fingerprint density at radius 1 is 0.909 bits per heavy atom. The molecule has 0 aromatic heterocycles. The van der Waals surface area contributed by atoms with Crippen molar-refractivity contribution >= 4 is 35.5 Å². The molecular weight excluding hydrogens is 570 g/mol. The van der Waals surface area contributed by atoms with Crippen LogP contribution in [0.3, 0.4) is 0 Å². The second-order valence-electron chi connectivity index (χ2n) is 11.4. The standard InChI is InChI=1S/C31H47N5O8/c1-20(19-37)36-34-22(3)27(39)8-6-4-5-7-9-29(41)25(14-15-30(42)43)32-17-16-28(40)21(2)33-31(44)26(35-36)18-23-10-12-24(38)13-11-23/h10-13,19-22,25-26,32,34-35,38H,4-9,14-18H2,1-3H3,(H,33,44)(H,42,43)/t20-,21-,22-,25+,26+/m1/s1. The van der Waals surface area contributed by atoms with E-state index in [-0.39, 0.29) is 68.2 Å². The molecule has 0 bridgehead atoms. The molecule has 1 amide bonds. The molecule has 0 unspecified atom stereocenters. The highest BCUT2D eigenvalue weighted by atomic mass is 16.4. The molecule has 6 N–H and O–H groups in total. The molecule has 0 aliphatic carbocycles. The minimum Gasteiger partial charge on any atom is -0.508 e. The number of hydrogen-bond acceptors (Lipinski definition) is 11. The van der Waals surface area contributed by atoms with Crippen molar-refractivity contribution in [3.05, 3.63) is 29.8 Å². The first-order valence-corrected chi connectivity index (χ1v) is 15.3. The van der Waals surface area contributed by atoms with Crippen LogP contribution in [0, 0.1) is 0 Å². The van der Waals surface area contributed by atoms with Gasteiger partial charge in [-0.2, -0.15) is 5.12 Å². The molecule has 44 heavy (non-hydrogen) atoms. The van der Waals surface area contributed by atoms with E-state index in [1.54, 1.807) is 32.9 Å². The number of rotatable bonds is 7. The van der Waals surface area contributed by atoms with Crippen molar-refractivity contribution in [1.82, 2.24) is 26.6 Å². The fraction of sp³-hybridized carbons (Fsp3) is 0.613. The molecule has 5 atom stereocenters. The molecule has 1 fully saturated rings. The molecule has 1 aromatic rings. The summed E-state index contributed by atoms with van der Waals surface area (Å²) in [6, 6.07) is 2.27. The summed E-state index contributed by atoms with van der Waals surface area (Å²) in [4.78, 5) is 75.1. The Kier molecular flexibility index (Phi) is 15.8. The summed E-state index contributed by atoms with van der Waals surface area (Å²) >= 11 is 0. The Bertz CT molecular complexity index is 1130. The van der Waals surface area contributed by atoms with Gasteiger partial charge in [-0.3, -0.25) is 24.0 Å². The highest BCUT2D eigenvalue weighted by Gasteiger charge is 2.29. The molecule has 1 aliphatic heterocycles. The number of nitrogens with one attached hydrogen (secondary N) is 4. The second kappa shape index (κ2) is 19.0. The van der Waals surface area contributed by atoms with Gasteiger partial charge in [-0.05, 0) is 64.2 Å². The van der Waals surface area contributed by atoms with Gasteiger partial charge in [-0.25, -0.2) is 10.9 Å². The van der Waals surface area contributed by atoms with Crippen molar-refractivity contribution in [2.24, 2.45) is 0 Å². The fourth-order valence-corrected chi connectivity index (χ4v) is 4.81. The molecule has 0 radical (unpaired) electrons. The molecule has 0 saturated carbocycles. The lowest BCUT2D eigenvalue weighted by atomic mass is 9.99. The third kappa shape index (κ3) is 13.0. The summed E-state index contributed by atoms with van der Waals surface area (Å²) in [5.74, 6) is -1.99. The molecule has 1 heterocycles. The zero-order valence-corrected chi connectivity index (χ0v) is 25.8. The number of ketones is 3. The lowest BCUT2D eigenvalue weighted by Crippen LogP contribution is -2.63. The maximum absolute atomic E-state index is 13.5. The van der Waals surface area contributed by atoms with Gasteiger partial charge in [-0.1, -0.05) is 25.0 Å². The monoisotopic (exact) mass is 617 g/mol. The summed E-state index contributed by atoms with van der Waals surface area (Å²) in [7, 11) is 0. The first-order valence-electron chi connectivity index (χ1n) is 15.3. The Morgan fingerprint density at radius 2 is 1.52 bits per heavy atom. The van der Waals surface area contributed by atoms with Crippen LogP contribution in [-0.2, 0) is 35.2 Å². The average molecular weight is 618 g/mol. The van der Waals surface area contributed by atoms with E-state index in [1.165, 1.54) is 17.3 Å². The summed E-state index contributed by atoms with van der Waals surface area (Å²) in [5, 5.41) is 25.9. The zero-order valence-electron chi connectivity index (χ0n) is 25.8. The van der Waals surface area contributed by atoms with Crippen LogP contribution < -0.4 is 21.5 Å². The maximum atomic E-state index is 13.5. The number of aldehydes is 1. The van der Waals surface area contributed by atoms with Crippen molar-refractivity contribution in [3.63, 3.8) is 0 Å². The summed E-state index contributed by atoms with van der Waals surface area (Å²) in [6.07, 6.45) is 3.94. The third-order valence-corrected chi connectivity index (χ3v) is 7.64. The summed E-state index contributed by atoms with van der Waals surface area (Å²) < 4.78 is 0. The fourth-order valence-electron chi connectivity index (χ4n) is 4.81. The second-order valence-corrected chi connectivity index (χ2v) is 11.4. The van der Waals surface area contributed by atoms with Crippen molar-refractivity contribution < 1.29 is 39.0 Å². The predicted octanol–water partition coefficient (Wildman–Crippen LogP) is 1.37. The van der Waals surface area contributed by atoms with Crippen LogP contribution >= 0.6 is 0 Å². The number of amides is 1. The average Bonchev–Trinajstić information content (AvgIpc) is 2.99. The molecule has 244 valence electrons. The van der Waals surface area contributed by atoms with Crippen LogP contribution in [0.1, 0.15) is 84.1 Å². The number of benzene rings is 1. The van der Waals surface area contributed by atoms with Gasteiger partial charge >= 0.3 is 5.97 Å².